The van der Waals surface area contributed by atoms with Crippen LogP contribution in [-0.2, 0) is 24.5 Å². The topological polar surface area (TPSA) is 137 Å². The number of esters is 1. The highest BCUT2D eigenvalue weighted by Crippen LogP contribution is 2.64. The number of aliphatic hydroxyl groups excluding tert-OH is 1. The molecule has 0 aromatic heterocycles. The number of fused-ring (bicyclic) bond motifs is 3. The third-order valence-electron chi connectivity index (χ3n) is 11.9. The first-order chi connectivity index (χ1) is 27.8. The number of carbonyl (C=O) groups excluding carboxylic acids is 3. The van der Waals surface area contributed by atoms with Gasteiger partial charge in [-0.25, -0.2) is 0 Å². The number of aliphatic hydroxyl groups is 2. The SMILES string of the molecule is C=CCNC(=O)[C@H]1[C@@H]2C(=O)O[C@@H](c3ccccc3)[C@@H](c3ccccc3)N2[C@@H](c2ccc(OCCO)cc2)[C@]12C(=O)Nc1ccc(C#CC3(O)CCCCCC3)cc12. The Balaban J connectivity index is 1.39. The van der Waals surface area contributed by atoms with Crippen molar-refractivity contribution < 1.29 is 34.1 Å². The van der Waals surface area contributed by atoms with Gasteiger partial charge in [0.1, 0.15) is 35.5 Å². The van der Waals surface area contributed by atoms with Crippen LogP contribution in [0.4, 0.5) is 5.69 Å². The summed E-state index contributed by atoms with van der Waals surface area (Å²) in [4.78, 5) is 47.0. The summed E-state index contributed by atoms with van der Waals surface area (Å²) in [5.74, 6) is 4.11. The van der Waals surface area contributed by atoms with Gasteiger partial charge in [0.05, 0.1) is 24.6 Å². The molecular weight excluding hydrogens is 719 g/mol. The van der Waals surface area contributed by atoms with E-state index in [0.29, 0.717) is 41.0 Å². The van der Waals surface area contributed by atoms with Gasteiger partial charge >= 0.3 is 5.97 Å². The van der Waals surface area contributed by atoms with Gasteiger partial charge in [-0.3, -0.25) is 19.3 Å². The molecule has 1 saturated carbocycles. The van der Waals surface area contributed by atoms with Crippen molar-refractivity contribution in [1.82, 2.24) is 10.2 Å². The van der Waals surface area contributed by atoms with Gasteiger partial charge in [-0.05, 0) is 78.3 Å². The average Bonchev–Trinajstić information content (AvgIpc) is 3.60. The molecule has 1 spiro atoms. The molecule has 57 heavy (non-hydrogen) atoms. The van der Waals surface area contributed by atoms with E-state index in [9.17, 15) is 19.8 Å². The van der Waals surface area contributed by atoms with Gasteiger partial charge in [0, 0.05) is 17.8 Å². The molecule has 6 atom stereocenters. The predicted molar refractivity (Wildman–Crippen MR) is 215 cm³/mol. The molecule has 3 fully saturated rings. The van der Waals surface area contributed by atoms with Crippen molar-refractivity contribution in [2.75, 3.05) is 25.1 Å². The minimum absolute atomic E-state index is 0.0991. The normalized spacial score (nSPS) is 26.2. The number of benzene rings is 4. The Morgan fingerprint density at radius 3 is 2.26 bits per heavy atom. The molecule has 10 nitrogen and oxygen atoms in total. The number of nitrogens with one attached hydrogen (secondary N) is 2. The Hall–Kier alpha value is -5.73. The Labute approximate surface area is 332 Å². The molecule has 1 aliphatic carbocycles. The minimum Gasteiger partial charge on any atom is -0.491 e. The maximum Gasteiger partial charge on any atom is 0.324 e. The third-order valence-corrected chi connectivity index (χ3v) is 11.9. The van der Waals surface area contributed by atoms with E-state index in [1.165, 1.54) is 0 Å². The van der Waals surface area contributed by atoms with Gasteiger partial charge in [-0.15, -0.1) is 6.58 Å². The zero-order valence-corrected chi connectivity index (χ0v) is 31.7. The number of morpholine rings is 1. The molecule has 4 N–H and O–H groups in total. The van der Waals surface area contributed by atoms with Crippen molar-refractivity contribution in [2.45, 2.75) is 73.8 Å². The number of nitrogens with zero attached hydrogens (tertiary/aromatic N) is 1. The van der Waals surface area contributed by atoms with Crippen LogP contribution >= 0.6 is 0 Å². The van der Waals surface area contributed by atoms with E-state index in [4.69, 9.17) is 9.47 Å². The summed E-state index contributed by atoms with van der Waals surface area (Å²) in [6.45, 7) is 3.86. The lowest BCUT2D eigenvalue weighted by atomic mass is 9.65. The molecule has 2 amide bonds. The molecule has 0 unspecified atom stereocenters. The Bertz CT molecular complexity index is 2190. The fourth-order valence-corrected chi connectivity index (χ4v) is 9.49. The van der Waals surface area contributed by atoms with E-state index < -0.39 is 58.9 Å². The number of cyclic esters (lactones) is 1. The van der Waals surface area contributed by atoms with Crippen molar-refractivity contribution in [3.63, 3.8) is 0 Å². The lowest BCUT2D eigenvalue weighted by Crippen LogP contribution is -2.54. The first kappa shape index (κ1) is 38.2. The number of anilines is 1. The zero-order chi connectivity index (χ0) is 39.6. The lowest BCUT2D eigenvalue weighted by Gasteiger charge is -2.46. The second-order valence-electron chi connectivity index (χ2n) is 15.4. The maximum absolute atomic E-state index is 15.3. The van der Waals surface area contributed by atoms with E-state index >= 15 is 4.79 Å². The number of ether oxygens (including phenoxy) is 2. The maximum atomic E-state index is 15.3. The molecule has 4 aromatic carbocycles. The molecule has 10 heteroatoms. The smallest absolute Gasteiger partial charge is 0.324 e. The summed E-state index contributed by atoms with van der Waals surface area (Å²) in [5.41, 5.74) is 1.10. The van der Waals surface area contributed by atoms with E-state index in [0.717, 1.165) is 36.8 Å². The van der Waals surface area contributed by atoms with Crippen LogP contribution in [0.25, 0.3) is 0 Å². The monoisotopic (exact) mass is 765 g/mol. The van der Waals surface area contributed by atoms with Crippen LogP contribution in [0.5, 0.6) is 5.75 Å². The van der Waals surface area contributed by atoms with Gasteiger partial charge in [0.25, 0.3) is 0 Å². The summed E-state index contributed by atoms with van der Waals surface area (Å²) < 4.78 is 12.2. The number of amides is 2. The Morgan fingerprint density at radius 2 is 1.60 bits per heavy atom. The van der Waals surface area contributed by atoms with Crippen LogP contribution < -0.4 is 15.4 Å². The van der Waals surface area contributed by atoms with Crippen molar-refractivity contribution in [3.8, 4) is 17.6 Å². The zero-order valence-electron chi connectivity index (χ0n) is 31.7. The van der Waals surface area contributed by atoms with E-state index in [2.05, 4.69) is 29.1 Å². The summed E-state index contributed by atoms with van der Waals surface area (Å²) >= 11 is 0. The molecule has 3 heterocycles. The van der Waals surface area contributed by atoms with Crippen molar-refractivity contribution in [2.24, 2.45) is 5.92 Å². The van der Waals surface area contributed by atoms with Gasteiger partial charge in [-0.2, -0.15) is 0 Å². The molecule has 0 bridgehead atoms. The Kier molecular flexibility index (Phi) is 10.7. The second-order valence-corrected chi connectivity index (χ2v) is 15.4. The quantitative estimate of drug-likeness (QED) is 0.0699. The van der Waals surface area contributed by atoms with E-state index in [1.54, 1.807) is 24.3 Å². The number of carbonyl (C=O) groups is 3. The highest BCUT2D eigenvalue weighted by atomic mass is 16.6. The molecule has 292 valence electrons. The fraction of sp³-hybridized carbons (Fsp3) is 0.340. The van der Waals surface area contributed by atoms with Crippen LogP contribution in [0.3, 0.4) is 0 Å². The minimum atomic E-state index is -1.67. The van der Waals surface area contributed by atoms with Gasteiger partial charge in [0.2, 0.25) is 11.8 Å². The molecule has 0 radical (unpaired) electrons. The molecule has 3 aliphatic heterocycles. The third kappa shape index (κ3) is 6.90. The first-order valence-corrected chi connectivity index (χ1v) is 19.8. The van der Waals surface area contributed by atoms with Crippen LogP contribution in [0, 0.1) is 17.8 Å². The second kappa shape index (κ2) is 16.0. The molecule has 4 aliphatic rings. The fourth-order valence-electron chi connectivity index (χ4n) is 9.49. The first-order valence-electron chi connectivity index (χ1n) is 19.8. The summed E-state index contributed by atoms with van der Waals surface area (Å²) in [5, 5.41) is 27.0. The summed E-state index contributed by atoms with van der Waals surface area (Å²) in [6.07, 6.45) is 5.84. The summed E-state index contributed by atoms with van der Waals surface area (Å²) in [7, 11) is 0. The Morgan fingerprint density at radius 1 is 0.912 bits per heavy atom. The highest BCUT2D eigenvalue weighted by Gasteiger charge is 2.74. The van der Waals surface area contributed by atoms with Gasteiger partial charge in [-0.1, -0.05) is 104 Å². The number of hydrogen-bond acceptors (Lipinski definition) is 8. The van der Waals surface area contributed by atoms with Crippen molar-refractivity contribution in [3.05, 3.63) is 144 Å². The molecule has 2 saturated heterocycles. The van der Waals surface area contributed by atoms with Gasteiger partial charge in [0.15, 0.2) is 0 Å². The number of rotatable bonds is 9. The lowest BCUT2D eigenvalue weighted by molar-refractivity contribution is -0.178. The van der Waals surface area contributed by atoms with E-state index in [1.807, 2.05) is 89.8 Å². The highest BCUT2D eigenvalue weighted by molar-refractivity contribution is 6.12. The van der Waals surface area contributed by atoms with Crippen LogP contribution in [0.15, 0.2) is 116 Å². The predicted octanol–water partition coefficient (Wildman–Crippen LogP) is 6.07. The van der Waals surface area contributed by atoms with E-state index in [-0.39, 0.29) is 19.8 Å². The molecular formula is C47H47N3O7. The van der Waals surface area contributed by atoms with Crippen LogP contribution in [-0.4, -0.2) is 64.3 Å². The number of hydrogen-bond donors (Lipinski definition) is 4. The standard InChI is InChI=1S/C47H47N3O7/c1-2-27-48-43(52)38-40-44(53)57-41(33-15-9-6-10-16-33)39(32-13-7-5-8-14-32)50(40)42(34-18-20-35(21-19-34)56-29-28-51)47(38)36-30-31(17-22-37(36)49-45(47)54)23-26-46(55)24-11-3-4-12-25-46/h2,5-10,13-22,30,38-42,51,55H,1,3-4,11-12,24-25,27-29H2,(H,48,52)(H,49,54)/t38-,39-,40-,41+,42+,47-/m1/s1. The summed E-state index contributed by atoms with van der Waals surface area (Å²) in [6, 6.07) is 29.2. The van der Waals surface area contributed by atoms with Crippen LogP contribution in [0.2, 0.25) is 0 Å². The average molecular weight is 766 g/mol. The van der Waals surface area contributed by atoms with Crippen molar-refractivity contribution >= 4 is 23.5 Å². The molecule has 8 rings (SSSR count). The van der Waals surface area contributed by atoms with Crippen LogP contribution in [0.1, 0.15) is 84.5 Å². The molecule has 4 aromatic rings. The van der Waals surface area contributed by atoms with Crippen molar-refractivity contribution in [1.29, 1.82) is 0 Å². The van der Waals surface area contributed by atoms with Gasteiger partial charge < -0.3 is 30.3 Å². The largest absolute Gasteiger partial charge is 0.491 e.